The molecular weight excluding hydrogens is 375 g/mol. The van der Waals surface area contributed by atoms with E-state index in [-0.39, 0.29) is 34.0 Å². The molecule has 0 bridgehead atoms. The van der Waals surface area contributed by atoms with Crippen molar-refractivity contribution in [2.45, 2.75) is 6.18 Å². The largest absolute Gasteiger partial charge is 0.456 e. The average molecular weight is 385 g/mol. The van der Waals surface area contributed by atoms with Crippen molar-refractivity contribution < 1.29 is 22.5 Å². The first-order valence-electron chi connectivity index (χ1n) is 7.78. The van der Waals surface area contributed by atoms with Crippen molar-refractivity contribution in [1.82, 2.24) is 4.98 Å². The highest BCUT2D eigenvalue weighted by Gasteiger charge is 2.30. The SMILES string of the molecule is N#CC(=Cc1ccc(-c2ccccc2[N+](=O)[O-])o1)c1ccc(C(F)(F)F)cn1. The lowest BCUT2D eigenvalue weighted by atomic mass is 10.1. The van der Waals surface area contributed by atoms with Crippen LogP contribution in [0.15, 0.2) is 59.1 Å². The summed E-state index contributed by atoms with van der Waals surface area (Å²) in [5, 5.41) is 20.4. The highest BCUT2D eigenvalue weighted by Crippen LogP contribution is 2.32. The van der Waals surface area contributed by atoms with E-state index in [1.807, 2.05) is 6.07 Å². The van der Waals surface area contributed by atoms with Gasteiger partial charge in [-0.1, -0.05) is 12.1 Å². The molecule has 0 spiro atoms. The van der Waals surface area contributed by atoms with Gasteiger partial charge in [-0.05, 0) is 30.3 Å². The van der Waals surface area contributed by atoms with E-state index in [4.69, 9.17) is 4.42 Å². The number of pyridine rings is 1. The molecule has 0 unspecified atom stereocenters. The van der Waals surface area contributed by atoms with Crippen LogP contribution in [0.2, 0.25) is 0 Å². The van der Waals surface area contributed by atoms with E-state index in [2.05, 4.69) is 4.98 Å². The summed E-state index contributed by atoms with van der Waals surface area (Å²) in [6.07, 6.45) is -2.59. The van der Waals surface area contributed by atoms with Crippen LogP contribution in [-0.2, 0) is 6.18 Å². The Kier molecular flexibility index (Phi) is 4.96. The molecule has 3 rings (SSSR count). The van der Waals surface area contributed by atoms with Gasteiger partial charge >= 0.3 is 6.18 Å². The second-order valence-electron chi connectivity index (χ2n) is 5.58. The van der Waals surface area contributed by atoms with Gasteiger partial charge in [0.2, 0.25) is 0 Å². The van der Waals surface area contributed by atoms with Crippen LogP contribution < -0.4 is 0 Å². The molecule has 0 amide bonds. The molecule has 0 aliphatic carbocycles. The Morgan fingerprint density at radius 3 is 2.54 bits per heavy atom. The molecule has 0 saturated heterocycles. The van der Waals surface area contributed by atoms with Gasteiger partial charge in [-0.2, -0.15) is 18.4 Å². The van der Waals surface area contributed by atoms with Gasteiger partial charge < -0.3 is 4.42 Å². The summed E-state index contributed by atoms with van der Waals surface area (Å²) in [4.78, 5) is 14.3. The van der Waals surface area contributed by atoms with Gasteiger partial charge in [0.1, 0.15) is 17.6 Å². The number of nitrogens with zero attached hydrogens (tertiary/aromatic N) is 3. The van der Waals surface area contributed by atoms with E-state index in [1.54, 1.807) is 6.07 Å². The Balaban J connectivity index is 1.94. The predicted molar refractivity (Wildman–Crippen MR) is 93.5 cm³/mol. The van der Waals surface area contributed by atoms with Gasteiger partial charge in [0, 0.05) is 18.3 Å². The first kappa shape index (κ1) is 18.8. The quantitative estimate of drug-likeness (QED) is 0.344. The van der Waals surface area contributed by atoms with E-state index >= 15 is 0 Å². The van der Waals surface area contributed by atoms with Crippen LogP contribution in [0.4, 0.5) is 18.9 Å². The summed E-state index contributed by atoms with van der Waals surface area (Å²) in [6.45, 7) is 0. The molecule has 0 saturated carbocycles. The second kappa shape index (κ2) is 7.36. The van der Waals surface area contributed by atoms with Crippen molar-refractivity contribution in [2.75, 3.05) is 0 Å². The number of allylic oxidation sites excluding steroid dienone is 1. The smallest absolute Gasteiger partial charge is 0.417 e. The Morgan fingerprint density at radius 2 is 1.93 bits per heavy atom. The Bertz CT molecular complexity index is 1090. The van der Waals surface area contributed by atoms with E-state index in [1.165, 1.54) is 36.4 Å². The molecular formula is C19H10F3N3O3. The summed E-state index contributed by atoms with van der Waals surface area (Å²) < 4.78 is 43.4. The van der Waals surface area contributed by atoms with Crippen LogP contribution in [0.1, 0.15) is 17.0 Å². The third-order valence-corrected chi connectivity index (χ3v) is 3.77. The zero-order valence-electron chi connectivity index (χ0n) is 14.0. The summed E-state index contributed by atoms with van der Waals surface area (Å²) in [5.74, 6) is 0.419. The molecule has 0 aliphatic rings. The Hall–Kier alpha value is -3.93. The molecule has 6 nitrogen and oxygen atoms in total. The van der Waals surface area contributed by atoms with Gasteiger partial charge in [0.15, 0.2) is 0 Å². The molecule has 0 fully saturated rings. The van der Waals surface area contributed by atoms with Crippen LogP contribution in [-0.4, -0.2) is 9.91 Å². The topological polar surface area (TPSA) is 93.0 Å². The molecule has 1 aromatic carbocycles. The van der Waals surface area contributed by atoms with E-state index in [0.29, 0.717) is 6.20 Å². The Morgan fingerprint density at radius 1 is 1.18 bits per heavy atom. The summed E-state index contributed by atoms with van der Waals surface area (Å²) in [7, 11) is 0. The highest BCUT2D eigenvalue weighted by atomic mass is 19.4. The number of rotatable bonds is 4. The maximum atomic E-state index is 12.6. The van der Waals surface area contributed by atoms with Crippen molar-refractivity contribution in [1.29, 1.82) is 5.26 Å². The first-order chi connectivity index (χ1) is 13.3. The summed E-state index contributed by atoms with van der Waals surface area (Å²) >= 11 is 0. The van der Waals surface area contributed by atoms with Crippen LogP contribution in [0.3, 0.4) is 0 Å². The normalized spacial score (nSPS) is 11.9. The predicted octanol–water partition coefficient (Wildman–Crippen LogP) is 5.33. The maximum Gasteiger partial charge on any atom is 0.417 e. The number of furan rings is 1. The fourth-order valence-corrected chi connectivity index (χ4v) is 2.44. The van der Waals surface area contributed by atoms with Crippen molar-refractivity contribution in [3.05, 3.63) is 81.9 Å². The second-order valence-corrected chi connectivity index (χ2v) is 5.58. The van der Waals surface area contributed by atoms with E-state index in [9.17, 15) is 28.5 Å². The molecule has 2 heterocycles. The van der Waals surface area contributed by atoms with Crippen LogP contribution in [0.5, 0.6) is 0 Å². The fraction of sp³-hybridized carbons (Fsp3) is 0.0526. The van der Waals surface area contributed by atoms with Gasteiger partial charge in [-0.15, -0.1) is 0 Å². The number of hydrogen-bond donors (Lipinski definition) is 0. The maximum absolute atomic E-state index is 12.6. The number of nitro benzene ring substituents is 1. The minimum absolute atomic E-state index is 0.0165. The highest BCUT2D eigenvalue weighted by molar-refractivity contribution is 5.87. The van der Waals surface area contributed by atoms with Gasteiger partial charge in [0.25, 0.3) is 5.69 Å². The number of aromatic nitrogens is 1. The Labute approximate surface area is 156 Å². The van der Waals surface area contributed by atoms with Gasteiger partial charge in [-0.25, -0.2) is 0 Å². The fourth-order valence-electron chi connectivity index (χ4n) is 2.44. The molecule has 28 heavy (non-hydrogen) atoms. The third-order valence-electron chi connectivity index (χ3n) is 3.77. The lowest BCUT2D eigenvalue weighted by Gasteiger charge is -2.06. The lowest BCUT2D eigenvalue weighted by molar-refractivity contribution is -0.384. The van der Waals surface area contributed by atoms with Crippen LogP contribution in [0, 0.1) is 21.4 Å². The summed E-state index contributed by atoms with van der Waals surface area (Å²) in [5.41, 5.74) is -0.780. The third kappa shape index (κ3) is 3.91. The molecule has 140 valence electrons. The van der Waals surface area contributed by atoms with Gasteiger partial charge in [0.05, 0.1) is 27.3 Å². The van der Waals surface area contributed by atoms with E-state index in [0.717, 1.165) is 12.1 Å². The molecule has 2 aromatic heterocycles. The zero-order chi connectivity index (χ0) is 20.3. The summed E-state index contributed by atoms with van der Waals surface area (Å²) in [6, 6.07) is 12.8. The minimum atomic E-state index is -4.53. The number of para-hydroxylation sites is 1. The molecule has 0 aliphatic heterocycles. The number of nitro groups is 1. The van der Waals surface area contributed by atoms with Crippen molar-refractivity contribution in [3.8, 4) is 17.4 Å². The van der Waals surface area contributed by atoms with Crippen LogP contribution in [0.25, 0.3) is 23.0 Å². The molecule has 3 aromatic rings. The first-order valence-corrected chi connectivity index (χ1v) is 7.78. The van der Waals surface area contributed by atoms with Crippen molar-refractivity contribution in [3.63, 3.8) is 0 Å². The van der Waals surface area contributed by atoms with Gasteiger partial charge in [-0.3, -0.25) is 15.1 Å². The number of hydrogen-bond acceptors (Lipinski definition) is 5. The molecule has 0 N–H and O–H groups in total. The molecule has 0 atom stereocenters. The molecule has 9 heteroatoms. The molecule has 0 radical (unpaired) electrons. The van der Waals surface area contributed by atoms with Crippen LogP contribution >= 0.6 is 0 Å². The number of benzene rings is 1. The lowest BCUT2D eigenvalue weighted by Crippen LogP contribution is -2.05. The monoisotopic (exact) mass is 385 g/mol. The van der Waals surface area contributed by atoms with E-state index < -0.39 is 16.7 Å². The minimum Gasteiger partial charge on any atom is -0.456 e. The number of halogens is 3. The standard InChI is InChI=1S/C19H10F3N3O3/c20-19(21,22)13-5-7-16(24-11-13)12(10-23)9-14-6-8-18(28-14)15-3-1-2-4-17(15)25(26)27/h1-9,11H. The average Bonchev–Trinajstić information content (AvgIpc) is 3.14. The zero-order valence-corrected chi connectivity index (χ0v) is 14.0. The van der Waals surface area contributed by atoms with Crippen molar-refractivity contribution in [2.24, 2.45) is 0 Å². The number of nitriles is 1. The van der Waals surface area contributed by atoms with Crippen molar-refractivity contribution >= 4 is 17.3 Å². The number of alkyl halides is 3.